The van der Waals surface area contributed by atoms with Gasteiger partial charge in [-0.2, -0.15) is 0 Å². The Morgan fingerprint density at radius 1 is 1.28 bits per heavy atom. The van der Waals surface area contributed by atoms with Crippen LogP contribution in [0.25, 0.3) is 0 Å². The van der Waals surface area contributed by atoms with Crippen molar-refractivity contribution in [2.75, 3.05) is 18.9 Å². The predicted octanol–water partition coefficient (Wildman–Crippen LogP) is 2.55. The third kappa shape index (κ3) is 4.37. The normalized spacial score (nSPS) is 11.3. The maximum absolute atomic E-state index is 11.8. The maximum atomic E-state index is 11.8. The highest BCUT2D eigenvalue weighted by Gasteiger charge is 2.13. The fraction of sp³-hybridized carbons (Fsp3) is 0.500. The van der Waals surface area contributed by atoms with Gasteiger partial charge in [0.2, 0.25) is 0 Å². The quantitative estimate of drug-likeness (QED) is 0.507. The topological polar surface area (TPSA) is 61.5 Å². The highest BCUT2D eigenvalue weighted by Crippen LogP contribution is 2.17. The molecule has 0 aliphatic heterocycles. The van der Waals surface area contributed by atoms with Crippen LogP contribution in [0.1, 0.15) is 36.7 Å². The van der Waals surface area contributed by atoms with E-state index in [0.717, 1.165) is 5.56 Å². The minimum Gasteiger partial charge on any atom is -0.460 e. The van der Waals surface area contributed by atoms with E-state index in [1.807, 2.05) is 33.8 Å². The highest BCUT2D eigenvalue weighted by molar-refractivity contribution is 5.95. The van der Waals surface area contributed by atoms with Gasteiger partial charge >= 0.3 is 5.97 Å². The van der Waals surface area contributed by atoms with E-state index < -0.39 is 5.97 Å². The molecule has 0 amide bonds. The number of nitrogen functional groups attached to an aromatic ring is 1. The zero-order valence-electron chi connectivity index (χ0n) is 11.4. The molecule has 0 saturated heterocycles. The molecule has 0 unspecified atom stereocenters. The van der Waals surface area contributed by atoms with Crippen LogP contribution < -0.4 is 5.73 Å². The lowest BCUT2D eigenvalue weighted by Crippen LogP contribution is -2.22. The van der Waals surface area contributed by atoms with Gasteiger partial charge in [0.1, 0.15) is 6.61 Å². The molecule has 1 rings (SSSR count). The summed E-state index contributed by atoms with van der Waals surface area (Å²) in [5.41, 5.74) is 7.35. The molecular weight excluding hydrogens is 230 g/mol. The first-order chi connectivity index (χ1) is 8.31. The average molecular weight is 251 g/mol. The molecule has 0 saturated carbocycles. The second-order valence-electron chi connectivity index (χ2n) is 5.13. The fourth-order valence-corrected chi connectivity index (χ4v) is 1.42. The van der Waals surface area contributed by atoms with Crippen molar-refractivity contribution in [2.45, 2.75) is 33.3 Å². The van der Waals surface area contributed by atoms with Gasteiger partial charge in [0.25, 0.3) is 0 Å². The molecule has 100 valence electrons. The lowest BCUT2D eigenvalue weighted by molar-refractivity contribution is -0.0281. The Bertz CT molecular complexity index is 422. The van der Waals surface area contributed by atoms with Crippen LogP contribution in [-0.2, 0) is 9.47 Å². The Kier molecular flexibility index (Phi) is 4.73. The predicted molar refractivity (Wildman–Crippen MR) is 71.6 cm³/mol. The Morgan fingerprint density at radius 3 is 2.56 bits per heavy atom. The molecule has 0 heterocycles. The Balaban J connectivity index is 2.49. The molecule has 4 heteroatoms. The van der Waals surface area contributed by atoms with E-state index in [2.05, 4.69) is 0 Å². The summed E-state index contributed by atoms with van der Waals surface area (Å²) in [4.78, 5) is 11.8. The fourth-order valence-electron chi connectivity index (χ4n) is 1.42. The van der Waals surface area contributed by atoms with Crippen molar-refractivity contribution < 1.29 is 14.3 Å². The van der Waals surface area contributed by atoms with Crippen LogP contribution in [0, 0.1) is 6.92 Å². The number of benzene rings is 1. The van der Waals surface area contributed by atoms with E-state index in [1.54, 1.807) is 12.1 Å². The molecule has 2 N–H and O–H groups in total. The van der Waals surface area contributed by atoms with Crippen molar-refractivity contribution in [1.29, 1.82) is 0 Å². The first-order valence-electron chi connectivity index (χ1n) is 5.97. The van der Waals surface area contributed by atoms with Gasteiger partial charge in [-0.05, 0) is 39.3 Å². The first kappa shape index (κ1) is 14.5. The number of ether oxygens (including phenoxy) is 2. The third-order valence-electron chi connectivity index (χ3n) is 2.40. The number of para-hydroxylation sites is 1. The summed E-state index contributed by atoms with van der Waals surface area (Å²) in [5, 5.41) is 0. The van der Waals surface area contributed by atoms with Gasteiger partial charge in [-0.15, -0.1) is 0 Å². The van der Waals surface area contributed by atoms with E-state index in [-0.39, 0.29) is 12.2 Å². The van der Waals surface area contributed by atoms with E-state index >= 15 is 0 Å². The molecule has 1 aromatic carbocycles. The number of carbonyl (C=O) groups excluding carboxylic acids is 1. The van der Waals surface area contributed by atoms with Crippen LogP contribution in [0.4, 0.5) is 5.69 Å². The summed E-state index contributed by atoms with van der Waals surface area (Å²) in [6.07, 6.45) is 0. The van der Waals surface area contributed by atoms with E-state index in [0.29, 0.717) is 17.9 Å². The molecular formula is C14H21NO3. The maximum Gasteiger partial charge on any atom is 0.340 e. The van der Waals surface area contributed by atoms with Gasteiger partial charge in [-0.1, -0.05) is 12.1 Å². The average Bonchev–Trinajstić information content (AvgIpc) is 2.26. The number of aryl methyl sites for hydroxylation is 1. The van der Waals surface area contributed by atoms with Crippen molar-refractivity contribution in [1.82, 2.24) is 0 Å². The summed E-state index contributed by atoms with van der Waals surface area (Å²) in [5.74, 6) is -0.409. The molecule has 1 aromatic rings. The summed E-state index contributed by atoms with van der Waals surface area (Å²) >= 11 is 0. The Labute approximate surface area is 108 Å². The standard InChI is InChI=1S/C14H21NO3/c1-10-6-5-7-11(12(10)15)13(16)17-8-9-18-14(2,3)4/h5-7H,8-9,15H2,1-4H3. The van der Waals surface area contributed by atoms with Crippen LogP contribution in [0.3, 0.4) is 0 Å². The lowest BCUT2D eigenvalue weighted by Gasteiger charge is -2.19. The van der Waals surface area contributed by atoms with E-state index in [1.165, 1.54) is 0 Å². The number of esters is 1. The Hall–Kier alpha value is -1.55. The zero-order valence-corrected chi connectivity index (χ0v) is 11.4. The molecule has 0 fully saturated rings. The van der Waals surface area contributed by atoms with Crippen LogP contribution >= 0.6 is 0 Å². The van der Waals surface area contributed by atoms with Gasteiger partial charge in [0.05, 0.1) is 17.8 Å². The molecule has 0 atom stereocenters. The lowest BCUT2D eigenvalue weighted by atomic mass is 10.1. The first-order valence-corrected chi connectivity index (χ1v) is 5.97. The molecule has 18 heavy (non-hydrogen) atoms. The second kappa shape index (κ2) is 5.87. The van der Waals surface area contributed by atoms with Crippen molar-refractivity contribution in [3.63, 3.8) is 0 Å². The number of carbonyl (C=O) groups is 1. The van der Waals surface area contributed by atoms with Gasteiger partial charge < -0.3 is 15.2 Å². The van der Waals surface area contributed by atoms with Crippen LogP contribution in [0.15, 0.2) is 18.2 Å². The van der Waals surface area contributed by atoms with Crippen molar-refractivity contribution in [2.24, 2.45) is 0 Å². The second-order valence-corrected chi connectivity index (χ2v) is 5.13. The summed E-state index contributed by atoms with van der Waals surface area (Å²) < 4.78 is 10.6. The number of anilines is 1. The Morgan fingerprint density at radius 2 is 1.94 bits per heavy atom. The molecule has 0 bridgehead atoms. The summed E-state index contributed by atoms with van der Waals surface area (Å²) in [6, 6.07) is 5.30. The van der Waals surface area contributed by atoms with Crippen LogP contribution in [0.5, 0.6) is 0 Å². The van der Waals surface area contributed by atoms with Crippen LogP contribution in [-0.4, -0.2) is 24.8 Å². The largest absolute Gasteiger partial charge is 0.460 e. The van der Waals surface area contributed by atoms with E-state index in [4.69, 9.17) is 15.2 Å². The van der Waals surface area contributed by atoms with Crippen molar-refractivity contribution >= 4 is 11.7 Å². The van der Waals surface area contributed by atoms with Gasteiger partial charge in [0.15, 0.2) is 0 Å². The molecule has 0 aliphatic carbocycles. The van der Waals surface area contributed by atoms with E-state index in [9.17, 15) is 4.79 Å². The number of nitrogens with two attached hydrogens (primary N) is 1. The monoisotopic (exact) mass is 251 g/mol. The minimum atomic E-state index is -0.409. The van der Waals surface area contributed by atoms with Gasteiger partial charge in [-0.25, -0.2) is 4.79 Å². The molecule has 0 radical (unpaired) electrons. The van der Waals surface area contributed by atoms with Crippen molar-refractivity contribution in [3.05, 3.63) is 29.3 Å². The molecule has 0 aliphatic rings. The van der Waals surface area contributed by atoms with Gasteiger partial charge in [-0.3, -0.25) is 0 Å². The summed E-state index contributed by atoms with van der Waals surface area (Å²) in [7, 11) is 0. The van der Waals surface area contributed by atoms with Crippen molar-refractivity contribution in [3.8, 4) is 0 Å². The minimum absolute atomic E-state index is 0.226. The molecule has 4 nitrogen and oxygen atoms in total. The summed E-state index contributed by atoms with van der Waals surface area (Å²) in [6.45, 7) is 8.31. The third-order valence-corrected chi connectivity index (χ3v) is 2.40. The zero-order chi connectivity index (χ0) is 13.8. The SMILES string of the molecule is Cc1cccc(C(=O)OCCOC(C)(C)C)c1N. The molecule has 0 spiro atoms. The number of rotatable bonds is 4. The van der Waals surface area contributed by atoms with Crippen LogP contribution in [0.2, 0.25) is 0 Å². The molecule has 0 aromatic heterocycles. The highest BCUT2D eigenvalue weighted by atomic mass is 16.6. The van der Waals surface area contributed by atoms with Gasteiger partial charge in [0, 0.05) is 5.69 Å². The smallest absolute Gasteiger partial charge is 0.340 e. The number of hydrogen-bond donors (Lipinski definition) is 1. The number of hydrogen-bond acceptors (Lipinski definition) is 4.